The normalized spacial score (nSPS) is 16.6. The van der Waals surface area contributed by atoms with Crippen LogP contribution in [0, 0.1) is 0 Å². The average molecular weight is 473 g/mol. The Morgan fingerprint density at radius 2 is 1.84 bits per heavy atom. The first kappa shape index (κ1) is 23.9. The van der Waals surface area contributed by atoms with Gasteiger partial charge in [0.2, 0.25) is 11.8 Å². The van der Waals surface area contributed by atoms with Gasteiger partial charge in [0.1, 0.15) is 0 Å². The molecule has 1 aliphatic heterocycles. The number of thioether (sulfide) groups is 2. The lowest BCUT2D eigenvalue weighted by Gasteiger charge is -2.22. The predicted molar refractivity (Wildman–Crippen MR) is 126 cm³/mol. The Morgan fingerprint density at radius 1 is 1.16 bits per heavy atom. The van der Waals surface area contributed by atoms with Crippen molar-refractivity contribution in [2.75, 3.05) is 11.4 Å². The minimum absolute atomic E-state index is 0.0213. The Bertz CT molecular complexity index is 999. The molecule has 0 fully saturated rings. The third-order valence-electron chi connectivity index (χ3n) is 4.80. The number of nitrogens with one attached hydrogen (secondary N) is 1. The summed E-state index contributed by atoms with van der Waals surface area (Å²) in [6.45, 7) is 1.49. The summed E-state index contributed by atoms with van der Waals surface area (Å²) in [6, 6.07) is 16.7. The van der Waals surface area contributed by atoms with Crippen LogP contribution in [0.2, 0.25) is 0 Å². The summed E-state index contributed by atoms with van der Waals surface area (Å²) in [4.78, 5) is 51.0. The summed E-state index contributed by atoms with van der Waals surface area (Å²) in [6.07, 6.45) is 0.243. The molecule has 1 heterocycles. The molecule has 2 aromatic rings. The Hall–Kier alpha value is -2.78. The highest BCUT2D eigenvalue weighted by atomic mass is 32.2. The van der Waals surface area contributed by atoms with Gasteiger partial charge in [0.15, 0.2) is 5.12 Å². The lowest BCUT2D eigenvalue weighted by atomic mass is 10.1. The van der Waals surface area contributed by atoms with Crippen LogP contribution in [0.4, 0.5) is 5.69 Å². The number of hydrogen-bond donors (Lipinski definition) is 2. The van der Waals surface area contributed by atoms with E-state index in [9.17, 15) is 19.2 Å². The number of carboxylic acid groups (broad SMARTS) is 1. The minimum Gasteiger partial charge on any atom is -0.481 e. The van der Waals surface area contributed by atoms with Gasteiger partial charge < -0.3 is 15.3 Å². The van der Waals surface area contributed by atoms with Crippen molar-refractivity contribution in [1.82, 2.24) is 5.32 Å². The molecule has 32 heavy (non-hydrogen) atoms. The van der Waals surface area contributed by atoms with E-state index in [2.05, 4.69) is 5.32 Å². The summed E-state index contributed by atoms with van der Waals surface area (Å²) in [7, 11) is 0. The number of carbonyl (C=O) groups excluding carboxylic acids is 3. The van der Waals surface area contributed by atoms with Gasteiger partial charge in [-0.05, 0) is 24.1 Å². The van der Waals surface area contributed by atoms with Crippen molar-refractivity contribution in [3.05, 3.63) is 60.2 Å². The van der Waals surface area contributed by atoms with Gasteiger partial charge in [0.25, 0.3) is 0 Å². The monoisotopic (exact) mass is 472 g/mol. The van der Waals surface area contributed by atoms with E-state index in [-0.39, 0.29) is 36.3 Å². The standard InChI is InChI=1S/C23H24N2O5S2/c1-15(26)31-19(13-16-7-3-2-4-8-16)23(30)24-20-14-21(27)25(12-11-22(28)29)17-9-5-6-10-18(17)32-20/h2-10,19-20H,11-14H2,1H3,(H,24,30)(H,28,29). The number of fused-ring (bicyclic) bond motifs is 1. The average Bonchev–Trinajstić information content (AvgIpc) is 2.87. The van der Waals surface area contributed by atoms with Crippen LogP contribution >= 0.6 is 23.5 Å². The number of hydrogen-bond acceptors (Lipinski definition) is 6. The number of amides is 2. The fourth-order valence-electron chi connectivity index (χ4n) is 3.38. The van der Waals surface area contributed by atoms with E-state index >= 15 is 0 Å². The largest absolute Gasteiger partial charge is 0.481 e. The second kappa shape index (κ2) is 11.2. The topological polar surface area (TPSA) is 104 Å². The molecule has 0 saturated heterocycles. The van der Waals surface area contributed by atoms with E-state index < -0.39 is 16.6 Å². The third kappa shape index (κ3) is 6.61. The van der Waals surface area contributed by atoms with Crippen molar-refractivity contribution in [3.8, 4) is 0 Å². The van der Waals surface area contributed by atoms with Crippen molar-refractivity contribution >= 4 is 52.1 Å². The molecule has 2 N–H and O–H groups in total. The molecule has 3 rings (SSSR count). The van der Waals surface area contributed by atoms with E-state index in [1.165, 1.54) is 23.6 Å². The Labute approximate surface area is 194 Å². The fourth-order valence-corrected chi connectivity index (χ4v) is 5.39. The van der Waals surface area contributed by atoms with Crippen LogP contribution in [-0.2, 0) is 25.6 Å². The number of anilines is 1. The summed E-state index contributed by atoms with van der Waals surface area (Å²) in [5, 5.41) is 10.7. The number of nitrogens with zero attached hydrogens (tertiary/aromatic N) is 1. The Kier molecular flexibility index (Phi) is 8.35. The number of rotatable bonds is 8. The van der Waals surface area contributed by atoms with E-state index in [4.69, 9.17) is 5.11 Å². The van der Waals surface area contributed by atoms with Gasteiger partial charge in [-0.1, -0.05) is 66.0 Å². The van der Waals surface area contributed by atoms with Gasteiger partial charge in [-0.15, -0.1) is 0 Å². The van der Waals surface area contributed by atoms with Gasteiger partial charge >= 0.3 is 5.97 Å². The first-order chi connectivity index (χ1) is 15.3. The highest BCUT2D eigenvalue weighted by Gasteiger charge is 2.31. The smallest absolute Gasteiger partial charge is 0.305 e. The molecule has 9 heteroatoms. The third-order valence-corrected chi connectivity index (χ3v) is 6.97. The number of aliphatic carboxylic acids is 1. The second-order valence-corrected chi connectivity index (χ2v) is 9.89. The second-order valence-electron chi connectivity index (χ2n) is 7.26. The zero-order chi connectivity index (χ0) is 23.1. The molecule has 2 unspecified atom stereocenters. The van der Waals surface area contributed by atoms with Crippen molar-refractivity contribution in [3.63, 3.8) is 0 Å². The van der Waals surface area contributed by atoms with Crippen molar-refractivity contribution in [2.45, 2.75) is 41.7 Å². The van der Waals surface area contributed by atoms with Crippen LogP contribution in [-0.4, -0.2) is 45.2 Å². The van der Waals surface area contributed by atoms with E-state index in [1.807, 2.05) is 42.5 Å². The fraction of sp³-hybridized carbons (Fsp3) is 0.304. The number of carboxylic acids is 1. The van der Waals surface area contributed by atoms with Crippen LogP contribution < -0.4 is 10.2 Å². The Balaban J connectivity index is 1.77. The molecule has 0 bridgehead atoms. The number of carbonyl (C=O) groups is 4. The van der Waals surface area contributed by atoms with E-state index in [0.29, 0.717) is 12.1 Å². The first-order valence-electron chi connectivity index (χ1n) is 10.1. The van der Waals surface area contributed by atoms with E-state index in [0.717, 1.165) is 22.2 Å². The molecule has 7 nitrogen and oxygen atoms in total. The molecule has 2 atom stereocenters. The molecule has 0 aromatic heterocycles. The van der Waals surface area contributed by atoms with Crippen LogP contribution in [0.1, 0.15) is 25.3 Å². The van der Waals surface area contributed by atoms with Gasteiger partial charge in [0.05, 0.1) is 29.2 Å². The lowest BCUT2D eigenvalue weighted by Crippen LogP contribution is -2.42. The number of para-hydroxylation sites is 1. The van der Waals surface area contributed by atoms with Gasteiger partial charge in [0, 0.05) is 18.4 Å². The summed E-state index contributed by atoms with van der Waals surface area (Å²) in [5.41, 5.74) is 1.58. The van der Waals surface area contributed by atoms with Gasteiger partial charge in [-0.3, -0.25) is 19.2 Å². The molecule has 0 spiro atoms. The van der Waals surface area contributed by atoms with Crippen LogP contribution in [0.3, 0.4) is 0 Å². The summed E-state index contributed by atoms with van der Waals surface area (Å²) < 4.78 is 0. The van der Waals surface area contributed by atoms with Crippen LogP contribution in [0.5, 0.6) is 0 Å². The minimum atomic E-state index is -0.984. The van der Waals surface area contributed by atoms with Gasteiger partial charge in [-0.2, -0.15) is 0 Å². The maximum Gasteiger partial charge on any atom is 0.305 e. The van der Waals surface area contributed by atoms with Crippen molar-refractivity contribution in [2.24, 2.45) is 0 Å². The van der Waals surface area contributed by atoms with Crippen molar-refractivity contribution in [1.29, 1.82) is 0 Å². The molecular formula is C23H24N2O5S2. The maximum absolute atomic E-state index is 13.1. The van der Waals surface area contributed by atoms with Crippen molar-refractivity contribution < 1.29 is 24.3 Å². The molecule has 2 aromatic carbocycles. The molecule has 0 saturated carbocycles. The molecule has 2 amide bonds. The predicted octanol–water partition coefficient (Wildman–Crippen LogP) is 3.32. The summed E-state index contributed by atoms with van der Waals surface area (Å²) in [5.74, 6) is -1.55. The first-order valence-corrected chi connectivity index (χ1v) is 11.9. The summed E-state index contributed by atoms with van der Waals surface area (Å²) >= 11 is 2.33. The zero-order valence-electron chi connectivity index (χ0n) is 17.5. The highest BCUT2D eigenvalue weighted by Crippen LogP contribution is 2.37. The quantitative estimate of drug-likeness (QED) is 0.607. The maximum atomic E-state index is 13.1. The lowest BCUT2D eigenvalue weighted by molar-refractivity contribution is -0.136. The Morgan fingerprint density at radius 3 is 2.53 bits per heavy atom. The van der Waals surface area contributed by atoms with Crippen LogP contribution in [0.25, 0.3) is 0 Å². The highest BCUT2D eigenvalue weighted by molar-refractivity contribution is 8.14. The molecule has 168 valence electrons. The number of benzene rings is 2. The molecule has 0 radical (unpaired) electrons. The molecule has 1 aliphatic rings. The SMILES string of the molecule is CC(=O)SC(Cc1ccccc1)C(=O)NC1CC(=O)N(CCC(=O)O)c2ccccc2S1. The molecule has 0 aliphatic carbocycles. The van der Waals surface area contributed by atoms with E-state index in [1.54, 1.807) is 12.1 Å². The zero-order valence-corrected chi connectivity index (χ0v) is 19.2. The molecular weight excluding hydrogens is 448 g/mol. The van der Waals surface area contributed by atoms with Gasteiger partial charge in [-0.25, -0.2) is 0 Å². The van der Waals surface area contributed by atoms with Crippen LogP contribution in [0.15, 0.2) is 59.5 Å².